The molecule has 0 aliphatic carbocycles. The Bertz CT molecular complexity index is 1020. The maximum absolute atomic E-state index is 12.8. The van der Waals surface area contributed by atoms with Crippen LogP contribution in [0.5, 0.6) is 0 Å². The van der Waals surface area contributed by atoms with E-state index in [1.54, 1.807) is 10.7 Å². The fourth-order valence-corrected chi connectivity index (χ4v) is 3.62. The number of para-hydroxylation sites is 2. The highest BCUT2D eigenvalue weighted by Gasteiger charge is 2.27. The van der Waals surface area contributed by atoms with Gasteiger partial charge in [-0.15, -0.1) is 5.10 Å². The molecule has 3 aromatic rings. The van der Waals surface area contributed by atoms with Crippen molar-refractivity contribution in [3.63, 3.8) is 0 Å². The van der Waals surface area contributed by atoms with Gasteiger partial charge in [-0.1, -0.05) is 36.0 Å². The van der Waals surface area contributed by atoms with Gasteiger partial charge in [0.25, 0.3) is 0 Å². The first-order valence-electron chi connectivity index (χ1n) is 8.29. The smallest absolute Gasteiger partial charge is 0.244 e. The molecule has 0 atom stereocenters. The summed E-state index contributed by atoms with van der Waals surface area (Å²) < 4.78 is 1.60. The molecule has 0 fully saturated rings. The van der Waals surface area contributed by atoms with Gasteiger partial charge in [0.05, 0.1) is 22.8 Å². The zero-order chi connectivity index (χ0) is 18.8. The standard InChI is InChI=1S/C18H16N6O2S/c1-12-5-4-6-13(9-12)24-18(20-21-22-24)27-11-17(26)23-10-16(25)19-14-7-2-3-8-15(14)23/h2-9H,10-11H2,1H3,(H,19,25). The van der Waals surface area contributed by atoms with Crippen LogP contribution in [-0.2, 0) is 9.59 Å². The zero-order valence-electron chi connectivity index (χ0n) is 14.5. The van der Waals surface area contributed by atoms with E-state index in [1.165, 1.54) is 16.7 Å². The Morgan fingerprint density at radius 2 is 2.07 bits per heavy atom. The maximum atomic E-state index is 12.8. The van der Waals surface area contributed by atoms with Gasteiger partial charge in [-0.25, -0.2) is 0 Å². The SMILES string of the molecule is Cc1cccc(-n2nnnc2SCC(=O)N2CC(=O)Nc3ccccc32)c1. The summed E-state index contributed by atoms with van der Waals surface area (Å²) >= 11 is 1.24. The van der Waals surface area contributed by atoms with Crippen molar-refractivity contribution in [2.75, 3.05) is 22.5 Å². The minimum Gasteiger partial charge on any atom is -0.323 e. The Kier molecular flexibility index (Phi) is 4.59. The number of hydrogen-bond acceptors (Lipinski definition) is 6. The number of benzene rings is 2. The first-order chi connectivity index (χ1) is 13.1. The van der Waals surface area contributed by atoms with Crippen molar-refractivity contribution in [2.24, 2.45) is 0 Å². The first kappa shape index (κ1) is 17.2. The minimum absolute atomic E-state index is 0.000767. The Morgan fingerprint density at radius 1 is 1.22 bits per heavy atom. The van der Waals surface area contributed by atoms with Gasteiger partial charge in [-0.05, 0) is 47.2 Å². The van der Waals surface area contributed by atoms with Crippen LogP contribution < -0.4 is 10.2 Å². The third-order valence-electron chi connectivity index (χ3n) is 4.08. The highest BCUT2D eigenvalue weighted by atomic mass is 32.2. The molecule has 136 valence electrons. The summed E-state index contributed by atoms with van der Waals surface area (Å²) in [6.07, 6.45) is 0. The van der Waals surface area contributed by atoms with Crippen LogP contribution in [0.4, 0.5) is 11.4 Å². The van der Waals surface area contributed by atoms with E-state index in [-0.39, 0.29) is 24.1 Å². The van der Waals surface area contributed by atoms with Crippen molar-refractivity contribution in [1.82, 2.24) is 20.2 Å². The van der Waals surface area contributed by atoms with Gasteiger partial charge in [0, 0.05) is 0 Å². The molecule has 1 aliphatic heterocycles. The molecule has 9 heteroatoms. The molecule has 0 saturated heterocycles. The van der Waals surface area contributed by atoms with Crippen molar-refractivity contribution in [3.8, 4) is 5.69 Å². The fraction of sp³-hybridized carbons (Fsp3) is 0.167. The van der Waals surface area contributed by atoms with Crippen LogP contribution in [0.1, 0.15) is 5.56 Å². The van der Waals surface area contributed by atoms with Crippen LogP contribution in [0.2, 0.25) is 0 Å². The van der Waals surface area contributed by atoms with E-state index in [0.29, 0.717) is 16.5 Å². The van der Waals surface area contributed by atoms with E-state index in [0.717, 1.165) is 11.3 Å². The molecule has 2 heterocycles. The van der Waals surface area contributed by atoms with Crippen LogP contribution in [0.25, 0.3) is 5.69 Å². The summed E-state index contributed by atoms with van der Waals surface area (Å²) in [6, 6.07) is 15.0. The van der Waals surface area contributed by atoms with Crippen molar-refractivity contribution in [3.05, 3.63) is 54.1 Å². The second kappa shape index (κ2) is 7.20. The van der Waals surface area contributed by atoms with Crippen LogP contribution in [0, 0.1) is 6.92 Å². The topological polar surface area (TPSA) is 93.0 Å². The number of carbonyl (C=O) groups is 2. The molecule has 1 N–H and O–H groups in total. The molecule has 2 amide bonds. The van der Waals surface area contributed by atoms with Crippen molar-refractivity contribution >= 4 is 35.0 Å². The number of fused-ring (bicyclic) bond motifs is 1. The number of nitrogens with one attached hydrogen (secondary N) is 1. The second-order valence-corrected chi connectivity index (χ2v) is 6.99. The van der Waals surface area contributed by atoms with Gasteiger partial charge in [0.2, 0.25) is 17.0 Å². The lowest BCUT2D eigenvalue weighted by Gasteiger charge is -2.28. The molecule has 1 aliphatic rings. The Labute approximate surface area is 159 Å². The van der Waals surface area contributed by atoms with E-state index in [9.17, 15) is 9.59 Å². The molecule has 0 spiro atoms. The number of amides is 2. The summed E-state index contributed by atoms with van der Waals surface area (Å²) in [5, 5.41) is 15.0. The molecule has 2 aromatic carbocycles. The highest BCUT2D eigenvalue weighted by molar-refractivity contribution is 7.99. The number of aromatic nitrogens is 4. The lowest BCUT2D eigenvalue weighted by Crippen LogP contribution is -2.43. The number of carbonyl (C=O) groups excluding carboxylic acids is 2. The van der Waals surface area contributed by atoms with Gasteiger partial charge in [0.1, 0.15) is 6.54 Å². The average Bonchev–Trinajstić information content (AvgIpc) is 3.14. The molecular formula is C18H16N6O2S. The maximum Gasteiger partial charge on any atom is 0.244 e. The van der Waals surface area contributed by atoms with E-state index in [2.05, 4.69) is 20.8 Å². The molecular weight excluding hydrogens is 364 g/mol. The number of anilines is 2. The van der Waals surface area contributed by atoms with Crippen molar-refractivity contribution < 1.29 is 9.59 Å². The normalized spacial score (nSPS) is 13.2. The van der Waals surface area contributed by atoms with Gasteiger partial charge in [-0.3, -0.25) is 9.59 Å². The van der Waals surface area contributed by atoms with E-state index < -0.39 is 0 Å². The average molecular weight is 380 g/mol. The minimum atomic E-state index is -0.211. The molecule has 1 aromatic heterocycles. The fourth-order valence-electron chi connectivity index (χ4n) is 2.85. The highest BCUT2D eigenvalue weighted by Crippen LogP contribution is 2.30. The largest absolute Gasteiger partial charge is 0.323 e. The number of tetrazole rings is 1. The van der Waals surface area contributed by atoms with Crippen LogP contribution in [0.3, 0.4) is 0 Å². The summed E-state index contributed by atoms with van der Waals surface area (Å²) in [6.45, 7) is 1.99. The summed E-state index contributed by atoms with van der Waals surface area (Å²) in [7, 11) is 0. The van der Waals surface area contributed by atoms with Gasteiger partial charge in [0.15, 0.2) is 0 Å². The van der Waals surface area contributed by atoms with Crippen LogP contribution in [0.15, 0.2) is 53.7 Å². The number of aryl methyl sites for hydroxylation is 1. The molecule has 8 nitrogen and oxygen atoms in total. The lowest BCUT2D eigenvalue weighted by molar-refractivity contribution is -0.120. The third kappa shape index (κ3) is 3.54. The molecule has 0 saturated carbocycles. The summed E-state index contributed by atoms with van der Waals surface area (Å²) in [5.74, 6) is -0.272. The lowest BCUT2D eigenvalue weighted by atomic mass is 10.2. The second-order valence-electron chi connectivity index (χ2n) is 6.05. The number of nitrogens with zero attached hydrogens (tertiary/aromatic N) is 5. The van der Waals surface area contributed by atoms with E-state index >= 15 is 0 Å². The summed E-state index contributed by atoms with van der Waals surface area (Å²) in [4.78, 5) is 26.1. The summed E-state index contributed by atoms with van der Waals surface area (Å²) in [5.41, 5.74) is 3.25. The van der Waals surface area contributed by atoms with Crippen LogP contribution >= 0.6 is 11.8 Å². The Hall–Kier alpha value is -3.20. The third-order valence-corrected chi connectivity index (χ3v) is 4.99. The molecule has 0 unspecified atom stereocenters. The van der Waals surface area contributed by atoms with Crippen LogP contribution in [-0.4, -0.2) is 44.3 Å². The van der Waals surface area contributed by atoms with Gasteiger partial charge < -0.3 is 10.2 Å². The molecule has 4 rings (SSSR count). The Balaban J connectivity index is 1.51. The van der Waals surface area contributed by atoms with E-state index in [1.807, 2.05) is 49.4 Å². The molecule has 27 heavy (non-hydrogen) atoms. The zero-order valence-corrected chi connectivity index (χ0v) is 15.3. The molecule has 0 radical (unpaired) electrons. The number of thioether (sulfide) groups is 1. The quantitative estimate of drug-likeness (QED) is 0.697. The van der Waals surface area contributed by atoms with Gasteiger partial charge >= 0.3 is 0 Å². The van der Waals surface area contributed by atoms with E-state index in [4.69, 9.17) is 0 Å². The number of rotatable bonds is 4. The monoisotopic (exact) mass is 380 g/mol. The first-order valence-corrected chi connectivity index (χ1v) is 9.28. The van der Waals surface area contributed by atoms with Crippen molar-refractivity contribution in [2.45, 2.75) is 12.1 Å². The molecule has 0 bridgehead atoms. The number of hydrogen-bond donors (Lipinski definition) is 1. The van der Waals surface area contributed by atoms with Crippen molar-refractivity contribution in [1.29, 1.82) is 0 Å². The van der Waals surface area contributed by atoms with Gasteiger partial charge in [-0.2, -0.15) is 4.68 Å². The predicted molar refractivity (Wildman–Crippen MR) is 102 cm³/mol. The predicted octanol–water partition coefficient (Wildman–Crippen LogP) is 2.05. The Morgan fingerprint density at radius 3 is 2.93 bits per heavy atom.